The molecule has 0 aliphatic rings. The van der Waals surface area contributed by atoms with Gasteiger partial charge in [0.25, 0.3) is 11.8 Å². The summed E-state index contributed by atoms with van der Waals surface area (Å²) in [5.74, 6) is -2.40. The number of carbonyl (C=O) groups excluding carboxylic acids is 2. The van der Waals surface area contributed by atoms with E-state index >= 15 is 0 Å². The first-order chi connectivity index (χ1) is 14.0. The Kier molecular flexibility index (Phi) is 5.01. The van der Waals surface area contributed by atoms with E-state index in [1.807, 2.05) is 0 Å². The number of aromatic nitrogens is 1. The monoisotopic (exact) mass is 409 g/mol. The van der Waals surface area contributed by atoms with E-state index in [0.29, 0.717) is 21.0 Å². The van der Waals surface area contributed by atoms with E-state index in [9.17, 15) is 18.4 Å². The second kappa shape index (κ2) is 7.76. The van der Waals surface area contributed by atoms with Gasteiger partial charge >= 0.3 is 0 Å². The van der Waals surface area contributed by atoms with E-state index in [1.165, 1.54) is 47.7 Å². The summed E-state index contributed by atoms with van der Waals surface area (Å²) in [5, 5.41) is 5.51. The SMILES string of the molecule is O=C(Nc1ccc2nc(NC(=O)c3ccccc3F)sc2c1)c1ccccc1F. The van der Waals surface area contributed by atoms with Crippen LogP contribution in [0.1, 0.15) is 20.7 Å². The molecule has 0 aliphatic carbocycles. The van der Waals surface area contributed by atoms with Crippen molar-refractivity contribution in [1.29, 1.82) is 0 Å². The van der Waals surface area contributed by atoms with Crippen molar-refractivity contribution in [3.05, 3.63) is 89.5 Å². The number of rotatable bonds is 4. The summed E-state index contributed by atoms with van der Waals surface area (Å²) in [4.78, 5) is 28.8. The lowest BCUT2D eigenvalue weighted by atomic mass is 10.2. The van der Waals surface area contributed by atoms with Gasteiger partial charge in [0, 0.05) is 5.69 Å². The van der Waals surface area contributed by atoms with Crippen LogP contribution in [0.15, 0.2) is 66.7 Å². The molecule has 5 nitrogen and oxygen atoms in total. The Labute approximate surface area is 168 Å². The minimum Gasteiger partial charge on any atom is -0.322 e. The van der Waals surface area contributed by atoms with Gasteiger partial charge in [-0.2, -0.15) is 0 Å². The van der Waals surface area contributed by atoms with Gasteiger partial charge in [-0.25, -0.2) is 13.8 Å². The summed E-state index contributed by atoms with van der Waals surface area (Å²) < 4.78 is 28.2. The van der Waals surface area contributed by atoms with Crippen LogP contribution in [0.3, 0.4) is 0 Å². The van der Waals surface area contributed by atoms with Crippen molar-refractivity contribution in [1.82, 2.24) is 4.98 Å². The number of thiazole rings is 1. The van der Waals surface area contributed by atoms with Gasteiger partial charge in [-0.15, -0.1) is 0 Å². The summed E-state index contributed by atoms with van der Waals surface area (Å²) >= 11 is 1.18. The number of carbonyl (C=O) groups is 2. The van der Waals surface area contributed by atoms with Gasteiger partial charge in [0.2, 0.25) is 0 Å². The van der Waals surface area contributed by atoms with E-state index in [1.54, 1.807) is 30.3 Å². The van der Waals surface area contributed by atoms with Crippen LogP contribution in [-0.4, -0.2) is 16.8 Å². The number of benzene rings is 3. The number of nitrogens with one attached hydrogen (secondary N) is 2. The summed E-state index contributed by atoms with van der Waals surface area (Å²) in [7, 11) is 0. The fourth-order valence-electron chi connectivity index (χ4n) is 2.71. The molecule has 0 saturated heterocycles. The van der Waals surface area contributed by atoms with E-state index in [-0.39, 0.29) is 11.1 Å². The van der Waals surface area contributed by atoms with Gasteiger partial charge in [-0.05, 0) is 42.5 Å². The normalized spacial score (nSPS) is 10.7. The van der Waals surface area contributed by atoms with Crippen molar-refractivity contribution < 1.29 is 18.4 Å². The van der Waals surface area contributed by atoms with E-state index in [4.69, 9.17) is 0 Å². The van der Waals surface area contributed by atoms with E-state index < -0.39 is 23.4 Å². The van der Waals surface area contributed by atoms with Crippen LogP contribution in [0.4, 0.5) is 19.6 Å². The molecule has 144 valence electrons. The summed E-state index contributed by atoms with van der Waals surface area (Å²) in [5.41, 5.74) is 0.920. The largest absolute Gasteiger partial charge is 0.322 e. The topological polar surface area (TPSA) is 71.1 Å². The predicted molar refractivity (Wildman–Crippen MR) is 108 cm³/mol. The molecule has 4 rings (SSSR count). The maximum absolute atomic E-state index is 13.8. The van der Waals surface area contributed by atoms with Gasteiger partial charge in [0.15, 0.2) is 5.13 Å². The van der Waals surface area contributed by atoms with Crippen LogP contribution in [-0.2, 0) is 0 Å². The Bertz CT molecular complexity index is 1180. The molecule has 0 unspecified atom stereocenters. The van der Waals surface area contributed by atoms with E-state index in [2.05, 4.69) is 15.6 Å². The molecule has 2 N–H and O–H groups in total. The van der Waals surface area contributed by atoms with Crippen molar-refractivity contribution in [3.63, 3.8) is 0 Å². The minimum absolute atomic E-state index is 0.0604. The molecule has 8 heteroatoms. The molecule has 0 saturated carbocycles. The van der Waals surface area contributed by atoms with Gasteiger partial charge < -0.3 is 5.32 Å². The zero-order valence-corrected chi connectivity index (χ0v) is 15.6. The third-order valence-electron chi connectivity index (χ3n) is 4.10. The molecule has 1 aromatic heterocycles. The Morgan fingerprint density at radius 2 is 1.38 bits per heavy atom. The van der Waals surface area contributed by atoms with Crippen LogP contribution < -0.4 is 10.6 Å². The third kappa shape index (κ3) is 3.97. The zero-order chi connectivity index (χ0) is 20.4. The molecule has 0 spiro atoms. The summed E-state index contributed by atoms with van der Waals surface area (Å²) in [6.07, 6.45) is 0. The molecule has 0 fully saturated rings. The minimum atomic E-state index is -0.621. The molecule has 0 aliphatic heterocycles. The van der Waals surface area contributed by atoms with Crippen molar-refractivity contribution >= 4 is 44.2 Å². The van der Waals surface area contributed by atoms with Crippen molar-refractivity contribution in [2.75, 3.05) is 10.6 Å². The Hall–Kier alpha value is -3.65. The number of fused-ring (bicyclic) bond motifs is 1. The van der Waals surface area contributed by atoms with Crippen molar-refractivity contribution in [3.8, 4) is 0 Å². The second-order valence-corrected chi connectivity index (χ2v) is 7.10. The number of amides is 2. The van der Waals surface area contributed by atoms with E-state index in [0.717, 1.165) is 0 Å². The second-order valence-electron chi connectivity index (χ2n) is 6.07. The molecule has 0 radical (unpaired) electrons. The van der Waals surface area contributed by atoms with Crippen LogP contribution in [0.2, 0.25) is 0 Å². The zero-order valence-electron chi connectivity index (χ0n) is 14.8. The van der Waals surface area contributed by atoms with Gasteiger partial charge in [0.1, 0.15) is 11.6 Å². The first-order valence-electron chi connectivity index (χ1n) is 8.53. The number of hydrogen-bond acceptors (Lipinski definition) is 4. The third-order valence-corrected chi connectivity index (χ3v) is 5.04. The number of anilines is 2. The molecule has 29 heavy (non-hydrogen) atoms. The molecule has 0 atom stereocenters. The Morgan fingerprint density at radius 3 is 2.00 bits per heavy atom. The van der Waals surface area contributed by atoms with Gasteiger partial charge in [-0.3, -0.25) is 14.9 Å². The van der Waals surface area contributed by atoms with Gasteiger partial charge in [-0.1, -0.05) is 35.6 Å². The highest BCUT2D eigenvalue weighted by molar-refractivity contribution is 7.22. The first-order valence-corrected chi connectivity index (χ1v) is 9.35. The molecular weight excluding hydrogens is 396 g/mol. The van der Waals surface area contributed by atoms with Gasteiger partial charge in [0.05, 0.1) is 21.3 Å². The Morgan fingerprint density at radius 1 is 0.793 bits per heavy atom. The Balaban J connectivity index is 1.53. The highest BCUT2D eigenvalue weighted by Crippen LogP contribution is 2.29. The molecule has 2 amide bonds. The first kappa shape index (κ1) is 18.7. The maximum Gasteiger partial charge on any atom is 0.260 e. The standard InChI is InChI=1S/C21H13F2N3O2S/c22-15-7-3-1-5-13(15)19(27)24-12-9-10-17-18(11-12)29-21(25-17)26-20(28)14-6-2-4-8-16(14)23/h1-11H,(H,24,27)(H,25,26,28). The van der Waals surface area contributed by atoms with Crippen molar-refractivity contribution in [2.24, 2.45) is 0 Å². The lowest BCUT2D eigenvalue weighted by molar-refractivity contribution is 0.101. The number of hydrogen-bond donors (Lipinski definition) is 2. The molecule has 1 heterocycles. The van der Waals surface area contributed by atoms with Crippen LogP contribution >= 0.6 is 11.3 Å². The lowest BCUT2D eigenvalue weighted by Crippen LogP contribution is -2.13. The summed E-state index contributed by atoms with van der Waals surface area (Å²) in [6.45, 7) is 0. The highest BCUT2D eigenvalue weighted by atomic mass is 32.1. The predicted octanol–water partition coefficient (Wildman–Crippen LogP) is 5.08. The number of nitrogens with zero attached hydrogens (tertiary/aromatic N) is 1. The highest BCUT2D eigenvalue weighted by Gasteiger charge is 2.15. The van der Waals surface area contributed by atoms with Crippen molar-refractivity contribution in [2.45, 2.75) is 0 Å². The maximum atomic E-state index is 13.8. The fourth-order valence-corrected chi connectivity index (χ4v) is 3.61. The fraction of sp³-hybridized carbons (Fsp3) is 0. The smallest absolute Gasteiger partial charge is 0.260 e. The average molecular weight is 409 g/mol. The molecule has 4 aromatic rings. The lowest BCUT2D eigenvalue weighted by Gasteiger charge is -2.05. The van der Waals surface area contributed by atoms with Crippen LogP contribution in [0, 0.1) is 11.6 Å². The molecular formula is C21H13F2N3O2S. The quantitative estimate of drug-likeness (QED) is 0.494. The van der Waals surface area contributed by atoms with Crippen LogP contribution in [0.25, 0.3) is 10.2 Å². The average Bonchev–Trinajstić information content (AvgIpc) is 3.10. The molecule has 3 aromatic carbocycles. The summed E-state index contributed by atoms with van der Waals surface area (Å²) in [6, 6.07) is 16.3. The molecule has 0 bridgehead atoms. The van der Waals surface area contributed by atoms with Crippen LogP contribution in [0.5, 0.6) is 0 Å². The number of halogens is 2.